The Morgan fingerprint density at radius 2 is 2.00 bits per heavy atom. The summed E-state index contributed by atoms with van der Waals surface area (Å²) in [6.07, 6.45) is 1.06. The Morgan fingerprint density at radius 1 is 1.30 bits per heavy atom. The molecule has 1 aromatic carbocycles. The molecule has 0 unspecified atom stereocenters. The van der Waals surface area contributed by atoms with E-state index in [4.69, 9.17) is 4.42 Å². The summed E-state index contributed by atoms with van der Waals surface area (Å²) in [6.45, 7) is 4.29. The first kappa shape index (κ1) is 14.8. The predicted octanol–water partition coefficient (Wildman–Crippen LogP) is 2.96. The lowest BCUT2D eigenvalue weighted by Gasteiger charge is -2.04. The summed E-state index contributed by atoms with van der Waals surface area (Å²) < 4.78 is 6.47. The fraction of sp³-hybridized carbons (Fsp3) is 0.333. The van der Waals surface area contributed by atoms with Crippen LogP contribution < -0.4 is 5.32 Å². The van der Waals surface area contributed by atoms with Crippen LogP contribution in [-0.2, 0) is 17.6 Å². The molecular formula is C15H17BrN2O2. The van der Waals surface area contributed by atoms with Crippen LogP contribution in [0.15, 0.2) is 33.2 Å². The number of nitrogens with zero attached hydrogens (tertiary/aromatic N) is 1. The van der Waals surface area contributed by atoms with E-state index in [0.29, 0.717) is 25.3 Å². The molecule has 0 fully saturated rings. The molecule has 4 nitrogen and oxygen atoms in total. The minimum absolute atomic E-state index is 0.0150. The van der Waals surface area contributed by atoms with Gasteiger partial charge in [-0.2, -0.15) is 0 Å². The van der Waals surface area contributed by atoms with E-state index in [1.807, 2.05) is 38.1 Å². The monoisotopic (exact) mass is 336 g/mol. The molecule has 106 valence electrons. The lowest BCUT2D eigenvalue weighted by molar-refractivity contribution is -0.120. The normalized spacial score (nSPS) is 10.6. The van der Waals surface area contributed by atoms with Gasteiger partial charge in [0, 0.05) is 24.4 Å². The molecule has 0 saturated heterocycles. The van der Waals surface area contributed by atoms with Crippen molar-refractivity contribution in [1.82, 2.24) is 10.3 Å². The van der Waals surface area contributed by atoms with Gasteiger partial charge in [0.25, 0.3) is 0 Å². The molecule has 0 aliphatic carbocycles. The van der Waals surface area contributed by atoms with E-state index in [1.165, 1.54) is 0 Å². The molecule has 2 rings (SSSR count). The highest BCUT2D eigenvalue weighted by molar-refractivity contribution is 9.10. The van der Waals surface area contributed by atoms with Crippen LogP contribution in [0.5, 0.6) is 0 Å². The predicted molar refractivity (Wildman–Crippen MR) is 80.5 cm³/mol. The number of amides is 1. The van der Waals surface area contributed by atoms with E-state index >= 15 is 0 Å². The highest BCUT2D eigenvalue weighted by Gasteiger charge is 2.08. The third-order valence-corrected chi connectivity index (χ3v) is 3.48. The first-order valence-corrected chi connectivity index (χ1v) is 7.28. The fourth-order valence-electron chi connectivity index (χ4n) is 1.97. The Labute approximate surface area is 126 Å². The lowest BCUT2D eigenvalue weighted by Crippen LogP contribution is -2.27. The largest absolute Gasteiger partial charge is 0.446 e. The zero-order valence-corrected chi connectivity index (χ0v) is 13.2. The van der Waals surface area contributed by atoms with Gasteiger partial charge in [-0.1, -0.05) is 28.1 Å². The van der Waals surface area contributed by atoms with Crippen LogP contribution in [0.4, 0.5) is 0 Å². The molecule has 1 aromatic heterocycles. The highest BCUT2D eigenvalue weighted by atomic mass is 79.9. The molecule has 20 heavy (non-hydrogen) atoms. The maximum atomic E-state index is 11.8. The van der Waals surface area contributed by atoms with Crippen LogP contribution in [0.1, 0.15) is 22.9 Å². The van der Waals surface area contributed by atoms with E-state index in [1.54, 1.807) is 0 Å². The second-order valence-corrected chi connectivity index (χ2v) is 5.56. The van der Waals surface area contributed by atoms with Gasteiger partial charge < -0.3 is 9.73 Å². The number of aryl methyl sites for hydroxylation is 2. The van der Waals surface area contributed by atoms with Gasteiger partial charge in [0.05, 0.1) is 12.1 Å². The fourth-order valence-corrected chi connectivity index (χ4v) is 2.24. The summed E-state index contributed by atoms with van der Waals surface area (Å²) in [4.78, 5) is 16.0. The summed E-state index contributed by atoms with van der Waals surface area (Å²) >= 11 is 3.37. The van der Waals surface area contributed by atoms with Crippen molar-refractivity contribution >= 4 is 21.8 Å². The molecule has 1 N–H and O–H groups in total. The van der Waals surface area contributed by atoms with Crippen LogP contribution >= 0.6 is 15.9 Å². The molecule has 0 aliphatic rings. The molecular weight excluding hydrogens is 320 g/mol. The third-order valence-electron chi connectivity index (χ3n) is 2.95. The van der Waals surface area contributed by atoms with Crippen LogP contribution in [-0.4, -0.2) is 17.4 Å². The van der Waals surface area contributed by atoms with Crippen LogP contribution in [0.2, 0.25) is 0 Å². The van der Waals surface area contributed by atoms with E-state index < -0.39 is 0 Å². The molecule has 0 aliphatic heterocycles. The van der Waals surface area contributed by atoms with Crippen molar-refractivity contribution in [1.29, 1.82) is 0 Å². The van der Waals surface area contributed by atoms with E-state index in [2.05, 4.69) is 26.2 Å². The molecule has 1 heterocycles. The average Bonchev–Trinajstić information content (AvgIpc) is 2.71. The Balaban J connectivity index is 1.78. The number of carbonyl (C=O) groups is 1. The summed E-state index contributed by atoms with van der Waals surface area (Å²) in [7, 11) is 0. The number of nitrogens with one attached hydrogen (secondary N) is 1. The molecule has 0 atom stereocenters. The Bertz CT molecular complexity index is 590. The quantitative estimate of drug-likeness (QED) is 0.913. The topological polar surface area (TPSA) is 55.1 Å². The smallest absolute Gasteiger partial charge is 0.224 e. The summed E-state index contributed by atoms with van der Waals surface area (Å²) in [5, 5.41) is 2.89. The Hall–Kier alpha value is -1.62. The van der Waals surface area contributed by atoms with Crippen molar-refractivity contribution < 1.29 is 9.21 Å². The van der Waals surface area contributed by atoms with Gasteiger partial charge in [-0.3, -0.25) is 4.79 Å². The molecule has 0 spiro atoms. The zero-order valence-electron chi connectivity index (χ0n) is 11.6. The molecule has 0 saturated carbocycles. The van der Waals surface area contributed by atoms with Gasteiger partial charge in [0.15, 0.2) is 5.89 Å². The lowest BCUT2D eigenvalue weighted by atomic mass is 10.1. The number of aromatic nitrogens is 1. The zero-order chi connectivity index (χ0) is 14.5. The first-order chi connectivity index (χ1) is 9.54. The maximum absolute atomic E-state index is 11.8. The first-order valence-electron chi connectivity index (χ1n) is 6.48. The summed E-state index contributed by atoms with van der Waals surface area (Å²) in [6, 6.07) is 7.74. The van der Waals surface area contributed by atoms with Crippen LogP contribution in [0.3, 0.4) is 0 Å². The molecule has 5 heteroatoms. The molecule has 0 radical (unpaired) electrons. The number of hydrogen-bond acceptors (Lipinski definition) is 3. The number of hydrogen-bond donors (Lipinski definition) is 1. The van der Waals surface area contributed by atoms with Gasteiger partial charge in [-0.05, 0) is 24.6 Å². The van der Waals surface area contributed by atoms with E-state index in [9.17, 15) is 4.79 Å². The van der Waals surface area contributed by atoms with Crippen LogP contribution in [0.25, 0.3) is 0 Å². The third kappa shape index (κ3) is 4.20. The van der Waals surface area contributed by atoms with Crippen molar-refractivity contribution in [2.45, 2.75) is 26.7 Å². The van der Waals surface area contributed by atoms with Crippen molar-refractivity contribution in [3.8, 4) is 0 Å². The molecule has 1 amide bonds. The van der Waals surface area contributed by atoms with Gasteiger partial charge >= 0.3 is 0 Å². The average molecular weight is 337 g/mol. The Kier molecular flexibility index (Phi) is 4.95. The maximum Gasteiger partial charge on any atom is 0.224 e. The summed E-state index contributed by atoms with van der Waals surface area (Å²) in [5.41, 5.74) is 1.89. The van der Waals surface area contributed by atoms with Gasteiger partial charge in [0.2, 0.25) is 5.91 Å². The molecule has 0 bridgehead atoms. The SMILES string of the molecule is Cc1nc(C)c(CCNC(=O)Cc2ccc(Br)cc2)o1. The van der Waals surface area contributed by atoms with E-state index in [-0.39, 0.29) is 5.91 Å². The molecule has 2 aromatic rings. The van der Waals surface area contributed by atoms with Crippen LogP contribution in [0, 0.1) is 13.8 Å². The number of carbonyl (C=O) groups excluding carboxylic acids is 1. The highest BCUT2D eigenvalue weighted by Crippen LogP contribution is 2.11. The number of rotatable bonds is 5. The van der Waals surface area contributed by atoms with Gasteiger partial charge in [-0.25, -0.2) is 4.98 Å². The van der Waals surface area contributed by atoms with E-state index in [0.717, 1.165) is 21.5 Å². The van der Waals surface area contributed by atoms with Gasteiger partial charge in [-0.15, -0.1) is 0 Å². The standard InChI is InChI=1S/C15H17BrN2O2/c1-10-14(20-11(2)18-10)7-8-17-15(19)9-12-3-5-13(16)6-4-12/h3-6H,7-9H2,1-2H3,(H,17,19). The van der Waals surface area contributed by atoms with Crippen molar-refractivity contribution in [3.63, 3.8) is 0 Å². The number of halogens is 1. The second kappa shape index (κ2) is 6.70. The van der Waals surface area contributed by atoms with Crippen molar-refractivity contribution in [3.05, 3.63) is 51.6 Å². The second-order valence-electron chi connectivity index (χ2n) is 4.64. The van der Waals surface area contributed by atoms with Gasteiger partial charge in [0.1, 0.15) is 5.76 Å². The summed E-state index contributed by atoms with van der Waals surface area (Å²) in [5.74, 6) is 1.52. The Morgan fingerprint density at radius 3 is 2.60 bits per heavy atom. The number of oxazole rings is 1. The van der Waals surface area contributed by atoms with Crippen molar-refractivity contribution in [2.24, 2.45) is 0 Å². The van der Waals surface area contributed by atoms with Crippen molar-refractivity contribution in [2.75, 3.05) is 6.54 Å². The minimum atomic E-state index is 0.0150. The minimum Gasteiger partial charge on any atom is -0.446 e. The number of benzene rings is 1.